The van der Waals surface area contributed by atoms with Crippen LogP contribution in [0.15, 0.2) is 21.2 Å². The predicted molar refractivity (Wildman–Crippen MR) is 130 cm³/mol. The largest absolute Gasteiger partial charge is 0.494 e. The summed E-state index contributed by atoms with van der Waals surface area (Å²) in [5.41, 5.74) is 0.928. The molecule has 1 aliphatic rings. The van der Waals surface area contributed by atoms with Crippen molar-refractivity contribution in [3.8, 4) is 5.88 Å². The number of aromatic hydroxyl groups is 1. The number of aromatic nitrogens is 2. The Morgan fingerprint density at radius 3 is 2.53 bits per heavy atom. The first-order chi connectivity index (χ1) is 16.2. The van der Waals surface area contributed by atoms with E-state index in [-0.39, 0.29) is 30.5 Å². The third kappa shape index (κ3) is 7.55. The maximum absolute atomic E-state index is 12.4. The minimum atomic E-state index is -0.717. The zero-order valence-corrected chi connectivity index (χ0v) is 20.9. The van der Waals surface area contributed by atoms with Crippen LogP contribution in [0, 0.1) is 0 Å². The lowest BCUT2D eigenvalue weighted by atomic mass is 10.1. The van der Waals surface area contributed by atoms with Gasteiger partial charge in [-0.15, -0.1) is 0 Å². The van der Waals surface area contributed by atoms with E-state index in [4.69, 9.17) is 9.47 Å². The van der Waals surface area contributed by atoms with Gasteiger partial charge < -0.3 is 19.5 Å². The van der Waals surface area contributed by atoms with E-state index in [1.807, 2.05) is 20.8 Å². The maximum atomic E-state index is 12.4. The highest BCUT2D eigenvalue weighted by Crippen LogP contribution is 2.29. The molecule has 0 spiro atoms. The van der Waals surface area contributed by atoms with Gasteiger partial charge in [0.25, 0.3) is 5.56 Å². The molecule has 0 aliphatic carbocycles. The fourth-order valence-electron chi connectivity index (χ4n) is 3.69. The molecular weight excluding hydrogens is 438 g/mol. The van der Waals surface area contributed by atoms with Gasteiger partial charge in [-0.2, -0.15) is 0 Å². The Morgan fingerprint density at radius 1 is 1.15 bits per heavy atom. The molecule has 9 heteroatoms. The summed E-state index contributed by atoms with van der Waals surface area (Å²) < 4.78 is 12.2. The van der Waals surface area contributed by atoms with Crippen LogP contribution in [0.25, 0.3) is 6.08 Å². The van der Waals surface area contributed by atoms with Gasteiger partial charge in [0, 0.05) is 12.6 Å². The first-order valence-electron chi connectivity index (χ1n) is 12.3. The van der Waals surface area contributed by atoms with Crippen LogP contribution < -0.4 is 11.2 Å². The number of nitrogens with zero attached hydrogens (tertiary/aromatic N) is 2. The van der Waals surface area contributed by atoms with Crippen molar-refractivity contribution in [2.75, 3.05) is 19.8 Å². The number of carbonyl (C=O) groups is 1. The van der Waals surface area contributed by atoms with E-state index < -0.39 is 22.7 Å². The summed E-state index contributed by atoms with van der Waals surface area (Å²) in [5.74, 6) is -0.510. The summed E-state index contributed by atoms with van der Waals surface area (Å²) in [6.07, 6.45) is 9.45. The van der Waals surface area contributed by atoms with Crippen LogP contribution in [0.1, 0.15) is 84.6 Å². The van der Waals surface area contributed by atoms with Crippen molar-refractivity contribution in [3.63, 3.8) is 0 Å². The van der Waals surface area contributed by atoms with E-state index in [1.165, 1.54) is 25.3 Å². The number of ether oxygens (including phenoxy) is 2. The first kappa shape index (κ1) is 27.3. The van der Waals surface area contributed by atoms with Crippen LogP contribution in [0.2, 0.25) is 0 Å². The van der Waals surface area contributed by atoms with Crippen molar-refractivity contribution in [1.82, 2.24) is 14.5 Å². The summed E-state index contributed by atoms with van der Waals surface area (Å²) in [6, 6.07) is 0. The van der Waals surface area contributed by atoms with Crippen molar-refractivity contribution in [3.05, 3.63) is 38.0 Å². The fraction of sp³-hybridized carbons (Fsp3) is 0.680. The molecule has 0 amide bonds. The fourth-order valence-corrected chi connectivity index (χ4v) is 3.69. The van der Waals surface area contributed by atoms with Gasteiger partial charge in [-0.3, -0.25) is 19.1 Å². The third-order valence-electron chi connectivity index (χ3n) is 5.87. The molecule has 2 N–H and O–H groups in total. The molecule has 1 saturated heterocycles. The Hall–Kier alpha value is -2.93. The Balaban J connectivity index is 2.12. The molecule has 0 saturated carbocycles. The minimum Gasteiger partial charge on any atom is -0.494 e. The maximum Gasteiger partial charge on any atom is 0.331 e. The SMILES string of the molecule is CCCCCCCCOC(=O)CN1C(=C=Cc2c(O)n(CCCC)c(=O)[nH]c2=O)OCC1(C)C. The average Bonchev–Trinajstić information content (AvgIpc) is 3.06. The number of aromatic amines is 1. The lowest BCUT2D eigenvalue weighted by Crippen LogP contribution is -2.42. The molecule has 2 rings (SSSR count). The van der Waals surface area contributed by atoms with E-state index in [9.17, 15) is 19.5 Å². The number of unbranched alkanes of at least 4 members (excludes halogenated alkanes) is 6. The molecule has 0 bridgehead atoms. The third-order valence-corrected chi connectivity index (χ3v) is 5.87. The molecule has 0 aromatic carbocycles. The topological polar surface area (TPSA) is 114 Å². The zero-order chi connectivity index (χ0) is 25.1. The van der Waals surface area contributed by atoms with Gasteiger partial charge in [0.15, 0.2) is 0 Å². The highest BCUT2D eigenvalue weighted by atomic mass is 16.5. The molecule has 0 radical (unpaired) electrons. The second-order valence-corrected chi connectivity index (χ2v) is 9.27. The van der Waals surface area contributed by atoms with Crippen molar-refractivity contribution < 1.29 is 19.4 Å². The normalized spacial score (nSPS) is 14.6. The van der Waals surface area contributed by atoms with Crippen molar-refractivity contribution in [2.24, 2.45) is 0 Å². The predicted octanol–water partition coefficient (Wildman–Crippen LogP) is 3.51. The molecule has 9 nitrogen and oxygen atoms in total. The van der Waals surface area contributed by atoms with Gasteiger partial charge >= 0.3 is 11.7 Å². The molecule has 1 aliphatic heterocycles. The van der Waals surface area contributed by atoms with E-state index in [2.05, 4.69) is 17.6 Å². The van der Waals surface area contributed by atoms with Crippen molar-refractivity contribution in [2.45, 2.75) is 91.1 Å². The van der Waals surface area contributed by atoms with E-state index in [0.717, 1.165) is 30.3 Å². The highest BCUT2D eigenvalue weighted by molar-refractivity contribution is 5.72. The van der Waals surface area contributed by atoms with Crippen LogP contribution >= 0.6 is 0 Å². The van der Waals surface area contributed by atoms with Gasteiger partial charge in [-0.25, -0.2) is 4.79 Å². The summed E-state index contributed by atoms with van der Waals surface area (Å²) in [4.78, 5) is 40.7. The lowest BCUT2D eigenvalue weighted by Gasteiger charge is -2.28. The molecule has 1 aromatic heterocycles. The second kappa shape index (κ2) is 13.1. The van der Waals surface area contributed by atoms with Gasteiger partial charge in [-0.05, 0) is 26.7 Å². The number of H-pyrrole nitrogens is 1. The standard InChI is InChI=1S/C25H39N3O6/c1-5-7-9-10-11-12-16-33-21(29)17-28-20(34-18-25(28,3)4)14-13-19-22(30)26-24(32)27(23(19)31)15-8-6-2/h13,31H,5-12,15-18H2,1-4H3,(H,26,30,32). The number of hydrogen-bond donors (Lipinski definition) is 2. The van der Waals surface area contributed by atoms with Crippen LogP contribution in [-0.2, 0) is 20.8 Å². The first-order valence-corrected chi connectivity index (χ1v) is 12.3. The van der Waals surface area contributed by atoms with E-state index in [1.54, 1.807) is 4.90 Å². The number of nitrogens with one attached hydrogen (secondary N) is 1. The Morgan fingerprint density at radius 2 is 1.82 bits per heavy atom. The molecule has 0 atom stereocenters. The summed E-state index contributed by atoms with van der Waals surface area (Å²) in [6.45, 7) is 8.98. The van der Waals surface area contributed by atoms with Crippen LogP contribution in [0.5, 0.6) is 5.88 Å². The van der Waals surface area contributed by atoms with Crippen LogP contribution in [-0.4, -0.2) is 50.8 Å². The summed E-state index contributed by atoms with van der Waals surface area (Å²) in [7, 11) is 0. The monoisotopic (exact) mass is 477 g/mol. The van der Waals surface area contributed by atoms with Gasteiger partial charge in [0.1, 0.15) is 18.7 Å². The lowest BCUT2D eigenvalue weighted by molar-refractivity contribution is -0.145. The molecule has 0 unspecified atom stereocenters. The Kier molecular flexibility index (Phi) is 10.5. The van der Waals surface area contributed by atoms with E-state index in [0.29, 0.717) is 19.6 Å². The molecule has 34 heavy (non-hydrogen) atoms. The number of esters is 1. The Bertz CT molecular complexity index is 1000. The zero-order valence-electron chi connectivity index (χ0n) is 20.9. The number of rotatable bonds is 13. The van der Waals surface area contributed by atoms with Crippen molar-refractivity contribution in [1.29, 1.82) is 0 Å². The number of carbonyl (C=O) groups excluding carboxylic acids is 1. The molecular formula is C25H39N3O6. The molecule has 190 valence electrons. The molecule has 1 fully saturated rings. The summed E-state index contributed by atoms with van der Waals surface area (Å²) in [5, 5.41) is 10.5. The van der Waals surface area contributed by atoms with Crippen molar-refractivity contribution >= 4 is 12.0 Å². The average molecular weight is 478 g/mol. The minimum absolute atomic E-state index is 0.0165. The van der Waals surface area contributed by atoms with Gasteiger partial charge in [0.05, 0.1) is 12.1 Å². The number of hydrogen-bond acceptors (Lipinski definition) is 7. The molecule has 1 aromatic rings. The smallest absolute Gasteiger partial charge is 0.331 e. The highest BCUT2D eigenvalue weighted by Gasteiger charge is 2.38. The second-order valence-electron chi connectivity index (χ2n) is 9.27. The van der Waals surface area contributed by atoms with Gasteiger partial charge in [0.2, 0.25) is 11.8 Å². The van der Waals surface area contributed by atoms with Crippen LogP contribution in [0.4, 0.5) is 0 Å². The summed E-state index contributed by atoms with van der Waals surface area (Å²) >= 11 is 0. The Labute approximate surface area is 201 Å². The molecule has 2 heterocycles. The van der Waals surface area contributed by atoms with Crippen LogP contribution in [0.3, 0.4) is 0 Å². The van der Waals surface area contributed by atoms with Gasteiger partial charge in [-0.1, -0.05) is 58.1 Å². The van der Waals surface area contributed by atoms with E-state index >= 15 is 0 Å². The quantitative estimate of drug-likeness (QED) is 0.254.